The van der Waals surface area contributed by atoms with Crippen molar-refractivity contribution < 1.29 is 19.4 Å². The SMILES string of the molecule is COc1c2c(cc3c1[C@@H](CC(=NO)c1ccncc1)N(C)CC3)OCO2. The lowest BCUT2D eigenvalue weighted by Gasteiger charge is -2.36. The summed E-state index contributed by atoms with van der Waals surface area (Å²) < 4.78 is 16.9. The Labute approximate surface area is 151 Å². The Bertz CT molecular complexity index is 838. The molecule has 1 N–H and O–H groups in total. The van der Waals surface area contributed by atoms with Gasteiger partial charge in [0.25, 0.3) is 0 Å². The normalized spacial score (nSPS) is 19.3. The summed E-state index contributed by atoms with van der Waals surface area (Å²) in [5.41, 5.74) is 3.71. The highest BCUT2D eigenvalue weighted by Gasteiger charge is 2.34. The summed E-state index contributed by atoms with van der Waals surface area (Å²) in [5.74, 6) is 2.09. The van der Waals surface area contributed by atoms with Gasteiger partial charge in [-0.1, -0.05) is 5.16 Å². The largest absolute Gasteiger partial charge is 0.492 e. The fourth-order valence-electron chi connectivity index (χ4n) is 3.73. The Balaban J connectivity index is 1.76. The summed E-state index contributed by atoms with van der Waals surface area (Å²) in [7, 11) is 3.71. The minimum atomic E-state index is 0.00210. The molecule has 7 heteroatoms. The van der Waals surface area contributed by atoms with Crippen LogP contribution < -0.4 is 14.2 Å². The van der Waals surface area contributed by atoms with Gasteiger partial charge in [-0.25, -0.2) is 0 Å². The standard InChI is InChI=1S/C19H21N3O4/c1-22-8-5-13-9-16-18(26-11-25-16)19(24-2)17(13)15(22)10-14(21-23)12-3-6-20-7-4-12/h3-4,6-7,9,15,23H,5,8,10-11H2,1-2H3/t15-/m1/s1. The molecule has 7 nitrogen and oxygen atoms in total. The summed E-state index contributed by atoms with van der Waals surface area (Å²) in [6.07, 6.45) is 4.82. The number of rotatable bonds is 4. The first-order valence-corrected chi connectivity index (χ1v) is 8.54. The van der Waals surface area contributed by atoms with Crippen LogP contribution in [0.25, 0.3) is 0 Å². The van der Waals surface area contributed by atoms with E-state index in [-0.39, 0.29) is 12.8 Å². The monoisotopic (exact) mass is 355 g/mol. The number of likely N-dealkylation sites (N-methyl/N-ethyl adjacent to an activating group) is 1. The second-order valence-electron chi connectivity index (χ2n) is 6.45. The van der Waals surface area contributed by atoms with E-state index in [4.69, 9.17) is 14.2 Å². The van der Waals surface area contributed by atoms with Crippen LogP contribution >= 0.6 is 0 Å². The Kier molecular flexibility index (Phi) is 4.38. The van der Waals surface area contributed by atoms with Crippen LogP contribution in [-0.4, -0.2) is 48.3 Å². The van der Waals surface area contributed by atoms with Crippen molar-refractivity contribution in [3.63, 3.8) is 0 Å². The maximum atomic E-state index is 9.60. The molecule has 1 atom stereocenters. The Morgan fingerprint density at radius 3 is 2.92 bits per heavy atom. The zero-order chi connectivity index (χ0) is 18.1. The molecule has 0 bridgehead atoms. The van der Waals surface area contributed by atoms with Crippen LogP contribution in [0.15, 0.2) is 35.7 Å². The topological polar surface area (TPSA) is 76.4 Å². The fourth-order valence-corrected chi connectivity index (χ4v) is 3.73. The van der Waals surface area contributed by atoms with Crippen molar-refractivity contribution in [3.05, 3.63) is 47.3 Å². The van der Waals surface area contributed by atoms with Crippen molar-refractivity contribution in [1.29, 1.82) is 0 Å². The number of ether oxygens (including phenoxy) is 3. The van der Waals surface area contributed by atoms with Crippen molar-refractivity contribution in [1.82, 2.24) is 9.88 Å². The predicted octanol–water partition coefficient (Wildman–Crippen LogP) is 2.62. The van der Waals surface area contributed by atoms with E-state index in [1.165, 1.54) is 5.56 Å². The van der Waals surface area contributed by atoms with Gasteiger partial charge in [-0.15, -0.1) is 0 Å². The number of methoxy groups -OCH3 is 1. The van der Waals surface area contributed by atoms with E-state index in [1.807, 2.05) is 18.2 Å². The lowest BCUT2D eigenvalue weighted by atomic mass is 9.87. The van der Waals surface area contributed by atoms with E-state index in [0.29, 0.717) is 23.6 Å². The maximum absolute atomic E-state index is 9.60. The third-order valence-electron chi connectivity index (χ3n) is 5.07. The highest BCUT2D eigenvalue weighted by molar-refractivity contribution is 6.00. The number of nitrogens with zero attached hydrogens (tertiary/aromatic N) is 3. The average Bonchev–Trinajstić information content (AvgIpc) is 3.14. The number of oxime groups is 1. The van der Waals surface area contributed by atoms with Gasteiger partial charge in [0.15, 0.2) is 11.5 Å². The van der Waals surface area contributed by atoms with E-state index in [0.717, 1.165) is 29.8 Å². The zero-order valence-corrected chi connectivity index (χ0v) is 14.8. The van der Waals surface area contributed by atoms with E-state index >= 15 is 0 Å². The molecule has 0 amide bonds. The Hall–Kier alpha value is -2.80. The van der Waals surface area contributed by atoms with Gasteiger partial charge in [-0.3, -0.25) is 9.88 Å². The number of hydrogen-bond donors (Lipinski definition) is 1. The molecule has 4 rings (SSSR count). The lowest BCUT2D eigenvalue weighted by molar-refractivity contribution is 0.170. The van der Waals surface area contributed by atoms with Gasteiger partial charge in [-0.05, 0) is 37.2 Å². The summed E-state index contributed by atoms with van der Waals surface area (Å²) in [6.45, 7) is 1.10. The minimum absolute atomic E-state index is 0.00210. The van der Waals surface area contributed by atoms with Crippen LogP contribution in [-0.2, 0) is 6.42 Å². The lowest BCUT2D eigenvalue weighted by Crippen LogP contribution is -2.34. The van der Waals surface area contributed by atoms with Crippen molar-refractivity contribution in [2.75, 3.05) is 27.5 Å². The molecule has 1 aromatic carbocycles. The molecule has 0 radical (unpaired) electrons. The summed E-state index contributed by atoms with van der Waals surface area (Å²) in [6, 6.07) is 5.73. The second-order valence-corrected chi connectivity index (χ2v) is 6.45. The Morgan fingerprint density at radius 1 is 1.38 bits per heavy atom. The van der Waals surface area contributed by atoms with Crippen molar-refractivity contribution >= 4 is 5.71 Å². The molecular formula is C19H21N3O4. The van der Waals surface area contributed by atoms with Gasteiger partial charge in [0.2, 0.25) is 12.5 Å². The molecule has 136 valence electrons. The Morgan fingerprint density at radius 2 is 2.19 bits per heavy atom. The van der Waals surface area contributed by atoms with Crippen LogP contribution in [0.1, 0.15) is 29.2 Å². The van der Waals surface area contributed by atoms with Gasteiger partial charge >= 0.3 is 0 Å². The van der Waals surface area contributed by atoms with Gasteiger partial charge in [0, 0.05) is 42.5 Å². The van der Waals surface area contributed by atoms with Gasteiger partial charge in [-0.2, -0.15) is 0 Å². The summed E-state index contributed by atoms with van der Waals surface area (Å²) in [4.78, 5) is 6.28. The minimum Gasteiger partial charge on any atom is -0.492 e. The number of pyridine rings is 1. The molecule has 3 heterocycles. The second kappa shape index (κ2) is 6.84. The van der Waals surface area contributed by atoms with E-state index in [9.17, 15) is 5.21 Å². The quantitative estimate of drug-likeness (QED) is 0.516. The number of aromatic nitrogens is 1. The average molecular weight is 355 g/mol. The molecule has 0 spiro atoms. The van der Waals surface area contributed by atoms with Crippen molar-refractivity contribution in [3.8, 4) is 17.2 Å². The van der Waals surface area contributed by atoms with Crippen molar-refractivity contribution in [2.24, 2.45) is 5.16 Å². The van der Waals surface area contributed by atoms with Crippen LogP contribution in [0.4, 0.5) is 0 Å². The molecule has 0 saturated carbocycles. The van der Waals surface area contributed by atoms with E-state index in [2.05, 4.69) is 22.1 Å². The van der Waals surface area contributed by atoms with E-state index in [1.54, 1.807) is 19.5 Å². The smallest absolute Gasteiger partial charge is 0.231 e. The van der Waals surface area contributed by atoms with E-state index < -0.39 is 0 Å². The van der Waals surface area contributed by atoms with Crippen LogP contribution in [0.3, 0.4) is 0 Å². The predicted molar refractivity (Wildman–Crippen MR) is 95.4 cm³/mol. The third kappa shape index (κ3) is 2.74. The zero-order valence-electron chi connectivity index (χ0n) is 14.8. The molecule has 2 aromatic rings. The fraction of sp³-hybridized carbons (Fsp3) is 0.368. The molecule has 0 aliphatic carbocycles. The maximum Gasteiger partial charge on any atom is 0.231 e. The molecule has 0 unspecified atom stereocenters. The van der Waals surface area contributed by atoms with Crippen LogP contribution in [0, 0.1) is 0 Å². The highest BCUT2D eigenvalue weighted by Crippen LogP contribution is 2.50. The number of benzene rings is 1. The molecule has 0 saturated heterocycles. The van der Waals surface area contributed by atoms with Gasteiger partial charge in [0.1, 0.15) is 0 Å². The molecule has 2 aliphatic heterocycles. The highest BCUT2D eigenvalue weighted by atomic mass is 16.7. The molecule has 0 fully saturated rings. The van der Waals surface area contributed by atoms with Crippen molar-refractivity contribution in [2.45, 2.75) is 18.9 Å². The molecule has 1 aromatic heterocycles. The molecule has 2 aliphatic rings. The molecular weight excluding hydrogens is 334 g/mol. The third-order valence-corrected chi connectivity index (χ3v) is 5.07. The summed E-state index contributed by atoms with van der Waals surface area (Å²) >= 11 is 0. The summed E-state index contributed by atoms with van der Waals surface area (Å²) in [5, 5.41) is 13.2. The van der Waals surface area contributed by atoms with Gasteiger partial charge in [0.05, 0.1) is 12.8 Å². The van der Waals surface area contributed by atoms with Crippen LogP contribution in [0.5, 0.6) is 17.2 Å². The number of fused-ring (bicyclic) bond motifs is 2. The number of hydrogen-bond acceptors (Lipinski definition) is 7. The first-order chi connectivity index (χ1) is 12.7. The van der Waals surface area contributed by atoms with Gasteiger partial charge < -0.3 is 19.4 Å². The van der Waals surface area contributed by atoms with Crippen LogP contribution in [0.2, 0.25) is 0 Å². The molecule has 26 heavy (non-hydrogen) atoms. The first-order valence-electron chi connectivity index (χ1n) is 8.54. The first kappa shape index (κ1) is 16.7.